The van der Waals surface area contributed by atoms with E-state index < -0.39 is 23.3 Å². The van der Waals surface area contributed by atoms with Gasteiger partial charge >= 0.3 is 0 Å². The van der Waals surface area contributed by atoms with E-state index in [1.807, 2.05) is 30.3 Å². The number of hydrogen-bond donors (Lipinski definition) is 2. The molecule has 1 amide bonds. The van der Waals surface area contributed by atoms with Crippen LogP contribution in [0.5, 0.6) is 0 Å². The molecular formula is C21H16ClFN6O2. The van der Waals surface area contributed by atoms with Gasteiger partial charge in [0.25, 0.3) is 11.5 Å². The Labute approximate surface area is 180 Å². The molecule has 4 rings (SSSR count). The van der Waals surface area contributed by atoms with E-state index in [0.29, 0.717) is 12.1 Å². The second-order valence-electron chi connectivity index (χ2n) is 6.69. The second-order valence-corrected chi connectivity index (χ2v) is 7.10. The van der Waals surface area contributed by atoms with Gasteiger partial charge in [-0.15, -0.1) is 10.2 Å². The summed E-state index contributed by atoms with van der Waals surface area (Å²) in [5.74, 6) is -1.21. The molecule has 0 spiro atoms. The van der Waals surface area contributed by atoms with Crippen LogP contribution >= 0.6 is 11.6 Å². The van der Waals surface area contributed by atoms with Crippen molar-refractivity contribution in [1.82, 2.24) is 30.5 Å². The number of tetrazole rings is 1. The first kappa shape index (κ1) is 20.4. The fourth-order valence-corrected chi connectivity index (χ4v) is 3.22. The molecule has 0 fully saturated rings. The summed E-state index contributed by atoms with van der Waals surface area (Å²) in [6, 6.07) is 15.6. The van der Waals surface area contributed by atoms with E-state index in [4.69, 9.17) is 11.6 Å². The zero-order chi connectivity index (χ0) is 21.8. The molecule has 1 atom stereocenters. The van der Waals surface area contributed by atoms with E-state index in [2.05, 4.69) is 25.9 Å². The van der Waals surface area contributed by atoms with Gasteiger partial charge in [-0.05, 0) is 35.4 Å². The molecule has 0 saturated heterocycles. The topological polar surface area (TPSA) is 106 Å². The van der Waals surface area contributed by atoms with Crippen molar-refractivity contribution < 1.29 is 9.18 Å². The lowest BCUT2D eigenvalue weighted by atomic mass is 10.1. The third-order valence-corrected chi connectivity index (χ3v) is 4.94. The summed E-state index contributed by atoms with van der Waals surface area (Å²) in [6.07, 6.45) is 1.61. The standard InChI is InChI=1S/C21H16ClFN6O2/c22-16-9-8-14(11-17(16)23)18(19-25-27-28-26-19)24-20(30)15-7-4-10-29(21(15)31)12-13-5-2-1-3-6-13/h1-11,18H,12H2,(H,24,30)(H,25,26,27,28). The SMILES string of the molecule is O=C(NC(c1ccc(Cl)c(F)c1)c1nn[nH]n1)c1cccn(Cc2ccccc2)c1=O. The molecule has 1 unspecified atom stereocenters. The van der Waals surface area contributed by atoms with Gasteiger partial charge in [0.05, 0.1) is 11.6 Å². The van der Waals surface area contributed by atoms with Crippen molar-refractivity contribution in [3.8, 4) is 0 Å². The number of pyridine rings is 1. The molecule has 4 aromatic rings. The summed E-state index contributed by atoms with van der Waals surface area (Å²) in [5.41, 5.74) is 0.736. The second kappa shape index (κ2) is 8.88. The highest BCUT2D eigenvalue weighted by atomic mass is 35.5. The van der Waals surface area contributed by atoms with Crippen molar-refractivity contribution >= 4 is 17.5 Å². The molecule has 0 aliphatic rings. The molecule has 156 valence electrons. The van der Waals surface area contributed by atoms with Crippen LogP contribution in [0.1, 0.15) is 33.4 Å². The minimum Gasteiger partial charge on any atom is -0.338 e. The van der Waals surface area contributed by atoms with Gasteiger partial charge in [-0.1, -0.05) is 53.2 Å². The number of H-pyrrole nitrogens is 1. The molecule has 10 heteroatoms. The van der Waals surface area contributed by atoms with Crippen molar-refractivity contribution in [1.29, 1.82) is 0 Å². The number of aromatic amines is 1. The Hall–Kier alpha value is -3.85. The average Bonchev–Trinajstić information content (AvgIpc) is 3.31. The summed E-state index contributed by atoms with van der Waals surface area (Å²) in [4.78, 5) is 25.9. The van der Waals surface area contributed by atoms with Crippen molar-refractivity contribution in [3.63, 3.8) is 0 Å². The highest BCUT2D eigenvalue weighted by molar-refractivity contribution is 6.30. The van der Waals surface area contributed by atoms with E-state index in [1.165, 1.54) is 28.8 Å². The van der Waals surface area contributed by atoms with Crippen LogP contribution in [0.4, 0.5) is 4.39 Å². The van der Waals surface area contributed by atoms with Crippen LogP contribution in [0.3, 0.4) is 0 Å². The van der Waals surface area contributed by atoms with Gasteiger partial charge in [0.2, 0.25) is 5.82 Å². The number of rotatable bonds is 6. The Kier molecular flexibility index (Phi) is 5.85. The molecule has 0 bridgehead atoms. The molecule has 0 aliphatic carbocycles. The smallest absolute Gasteiger partial charge is 0.263 e. The van der Waals surface area contributed by atoms with Crippen molar-refractivity contribution in [2.24, 2.45) is 0 Å². The number of amides is 1. The maximum atomic E-state index is 14.0. The number of nitrogens with one attached hydrogen (secondary N) is 2. The van der Waals surface area contributed by atoms with E-state index >= 15 is 0 Å². The Morgan fingerprint density at radius 3 is 2.68 bits per heavy atom. The van der Waals surface area contributed by atoms with Gasteiger partial charge in [0.15, 0.2) is 0 Å². The van der Waals surface area contributed by atoms with Gasteiger partial charge in [0.1, 0.15) is 17.4 Å². The number of halogens is 2. The number of carbonyl (C=O) groups is 1. The number of nitrogens with zero attached hydrogens (tertiary/aromatic N) is 4. The molecule has 0 aliphatic heterocycles. The van der Waals surface area contributed by atoms with E-state index in [0.717, 1.165) is 5.56 Å². The molecule has 0 radical (unpaired) electrons. The Morgan fingerprint density at radius 2 is 1.97 bits per heavy atom. The lowest BCUT2D eigenvalue weighted by molar-refractivity contribution is 0.0939. The summed E-state index contributed by atoms with van der Waals surface area (Å²) >= 11 is 5.76. The molecule has 8 nitrogen and oxygen atoms in total. The highest BCUT2D eigenvalue weighted by Crippen LogP contribution is 2.23. The van der Waals surface area contributed by atoms with E-state index in [9.17, 15) is 14.0 Å². The summed E-state index contributed by atoms with van der Waals surface area (Å²) in [7, 11) is 0. The van der Waals surface area contributed by atoms with Crippen LogP contribution in [0.15, 0.2) is 71.7 Å². The fraction of sp³-hybridized carbons (Fsp3) is 0.0952. The van der Waals surface area contributed by atoms with Gasteiger partial charge in [-0.3, -0.25) is 9.59 Å². The lowest BCUT2D eigenvalue weighted by Gasteiger charge is -2.16. The van der Waals surface area contributed by atoms with Gasteiger partial charge in [-0.2, -0.15) is 5.21 Å². The molecule has 31 heavy (non-hydrogen) atoms. The monoisotopic (exact) mass is 438 g/mol. The number of hydrogen-bond acceptors (Lipinski definition) is 5. The maximum absolute atomic E-state index is 14.0. The zero-order valence-electron chi connectivity index (χ0n) is 16.0. The molecule has 2 aromatic carbocycles. The predicted octanol–water partition coefficient (Wildman–Crippen LogP) is 2.72. The van der Waals surface area contributed by atoms with Gasteiger partial charge < -0.3 is 9.88 Å². The average molecular weight is 439 g/mol. The molecular weight excluding hydrogens is 423 g/mol. The predicted molar refractivity (Wildman–Crippen MR) is 111 cm³/mol. The number of aromatic nitrogens is 5. The Bertz CT molecular complexity index is 1260. The number of benzene rings is 2. The van der Waals surface area contributed by atoms with Crippen LogP contribution in [0, 0.1) is 5.82 Å². The van der Waals surface area contributed by atoms with Crippen LogP contribution in [0.25, 0.3) is 0 Å². The quantitative estimate of drug-likeness (QED) is 0.481. The van der Waals surface area contributed by atoms with Gasteiger partial charge in [-0.25, -0.2) is 4.39 Å². The van der Waals surface area contributed by atoms with Crippen LogP contribution < -0.4 is 10.9 Å². The minimum absolute atomic E-state index is 0.0613. The molecule has 2 aromatic heterocycles. The fourth-order valence-electron chi connectivity index (χ4n) is 3.10. The first-order chi connectivity index (χ1) is 15.0. The highest BCUT2D eigenvalue weighted by Gasteiger charge is 2.24. The molecule has 2 N–H and O–H groups in total. The van der Waals surface area contributed by atoms with Crippen molar-refractivity contribution in [2.45, 2.75) is 12.6 Å². The minimum atomic E-state index is -0.944. The third-order valence-electron chi connectivity index (χ3n) is 4.63. The van der Waals surface area contributed by atoms with Crippen molar-refractivity contribution in [3.05, 3.63) is 111 Å². The zero-order valence-corrected chi connectivity index (χ0v) is 16.8. The summed E-state index contributed by atoms with van der Waals surface area (Å²) in [5, 5.41) is 16.2. The van der Waals surface area contributed by atoms with E-state index in [1.54, 1.807) is 12.3 Å². The third kappa shape index (κ3) is 4.51. The normalized spacial score (nSPS) is 11.8. The molecule has 2 heterocycles. The Balaban J connectivity index is 1.64. The molecule has 0 saturated carbocycles. The lowest BCUT2D eigenvalue weighted by Crippen LogP contribution is -2.36. The maximum Gasteiger partial charge on any atom is 0.263 e. The Morgan fingerprint density at radius 1 is 1.16 bits per heavy atom. The first-order valence-electron chi connectivity index (χ1n) is 9.25. The van der Waals surface area contributed by atoms with Crippen molar-refractivity contribution in [2.75, 3.05) is 0 Å². The first-order valence-corrected chi connectivity index (χ1v) is 9.63. The summed E-state index contributed by atoms with van der Waals surface area (Å²) in [6.45, 7) is 0.317. The van der Waals surface area contributed by atoms with Crippen LogP contribution in [0.2, 0.25) is 5.02 Å². The summed E-state index contributed by atoms with van der Waals surface area (Å²) < 4.78 is 15.4. The van der Waals surface area contributed by atoms with Crippen LogP contribution in [-0.2, 0) is 6.54 Å². The number of carbonyl (C=O) groups excluding carboxylic acids is 1. The van der Waals surface area contributed by atoms with Gasteiger partial charge in [0, 0.05) is 6.20 Å². The van der Waals surface area contributed by atoms with E-state index in [-0.39, 0.29) is 16.4 Å². The van der Waals surface area contributed by atoms with Crippen LogP contribution in [-0.4, -0.2) is 31.1 Å². The largest absolute Gasteiger partial charge is 0.338 e.